The number of carbonyl (C=O) groups excluding carboxylic acids is 1. The second-order valence-corrected chi connectivity index (χ2v) is 5.76. The first-order valence-electron chi connectivity index (χ1n) is 7.91. The van der Waals surface area contributed by atoms with Crippen LogP contribution in [0.15, 0.2) is 78.9 Å². The van der Waals surface area contributed by atoms with Gasteiger partial charge in [-0.3, -0.25) is 4.90 Å². The largest absolute Gasteiger partial charge is 0.452 e. The number of hydrogen-bond donors (Lipinski definition) is 0. The van der Waals surface area contributed by atoms with Crippen LogP contribution in [0.4, 0.5) is 10.5 Å². The Kier molecular flexibility index (Phi) is 3.54. The number of nitrogens with zero attached hydrogens (tertiary/aromatic N) is 1. The van der Waals surface area contributed by atoms with E-state index in [2.05, 4.69) is 12.1 Å². The molecule has 3 heteroatoms. The minimum Gasteiger partial charge on any atom is -0.452 e. The Morgan fingerprint density at radius 1 is 0.833 bits per heavy atom. The third-order valence-electron chi connectivity index (χ3n) is 4.45. The quantitative estimate of drug-likeness (QED) is 0.630. The van der Waals surface area contributed by atoms with Crippen LogP contribution in [0.1, 0.15) is 17.2 Å². The molecule has 3 aromatic carbocycles. The predicted octanol–water partition coefficient (Wildman–Crippen LogP) is 5.03. The average molecular weight is 315 g/mol. The van der Waals surface area contributed by atoms with E-state index in [1.165, 1.54) is 7.11 Å². The molecule has 3 nitrogen and oxygen atoms in total. The highest BCUT2D eigenvalue weighted by molar-refractivity contribution is 5.98. The molecule has 1 amide bonds. The van der Waals surface area contributed by atoms with Crippen LogP contribution in [-0.4, -0.2) is 13.2 Å². The van der Waals surface area contributed by atoms with Crippen molar-refractivity contribution in [3.8, 4) is 11.1 Å². The number of hydrogen-bond acceptors (Lipinski definition) is 2. The highest BCUT2D eigenvalue weighted by Gasteiger charge is 2.36. The number of carbonyl (C=O) groups is 1. The van der Waals surface area contributed by atoms with Gasteiger partial charge in [-0.25, -0.2) is 4.79 Å². The van der Waals surface area contributed by atoms with E-state index in [-0.39, 0.29) is 12.1 Å². The van der Waals surface area contributed by atoms with Crippen LogP contribution < -0.4 is 4.90 Å². The van der Waals surface area contributed by atoms with Crippen LogP contribution >= 0.6 is 0 Å². The number of fused-ring (bicyclic) bond motifs is 3. The molecule has 0 spiro atoms. The van der Waals surface area contributed by atoms with Gasteiger partial charge < -0.3 is 4.74 Å². The van der Waals surface area contributed by atoms with E-state index >= 15 is 0 Å². The Bertz CT molecular complexity index is 889. The maximum absolute atomic E-state index is 12.6. The average Bonchev–Trinajstić information content (AvgIpc) is 2.67. The molecule has 1 atom stereocenters. The highest BCUT2D eigenvalue weighted by Crippen LogP contribution is 2.47. The summed E-state index contributed by atoms with van der Waals surface area (Å²) in [6, 6.07) is 26.1. The maximum Gasteiger partial charge on any atom is 0.414 e. The van der Waals surface area contributed by atoms with Gasteiger partial charge in [0.05, 0.1) is 18.8 Å². The molecule has 0 saturated carbocycles. The zero-order chi connectivity index (χ0) is 16.5. The topological polar surface area (TPSA) is 29.5 Å². The van der Waals surface area contributed by atoms with E-state index < -0.39 is 0 Å². The van der Waals surface area contributed by atoms with E-state index in [4.69, 9.17) is 4.74 Å². The molecular formula is C21H17NO2. The van der Waals surface area contributed by atoms with E-state index in [1.54, 1.807) is 4.90 Å². The molecule has 1 unspecified atom stereocenters. The van der Waals surface area contributed by atoms with Gasteiger partial charge in [0.2, 0.25) is 0 Å². The molecule has 1 aliphatic rings. The van der Waals surface area contributed by atoms with Gasteiger partial charge in [-0.2, -0.15) is 0 Å². The first kappa shape index (κ1) is 14.5. The van der Waals surface area contributed by atoms with Crippen LogP contribution in [0, 0.1) is 0 Å². The van der Waals surface area contributed by atoms with E-state index in [0.29, 0.717) is 0 Å². The van der Waals surface area contributed by atoms with E-state index in [9.17, 15) is 4.79 Å². The van der Waals surface area contributed by atoms with Gasteiger partial charge in [0.15, 0.2) is 0 Å². The SMILES string of the molecule is COC(=O)N1c2ccccc2-c2ccccc2C1c1ccccc1. The van der Waals surface area contributed by atoms with Crippen molar-refractivity contribution in [1.29, 1.82) is 0 Å². The Hall–Kier alpha value is -3.07. The molecule has 0 bridgehead atoms. The predicted molar refractivity (Wildman–Crippen MR) is 95.0 cm³/mol. The minimum atomic E-state index is -0.356. The third kappa shape index (κ3) is 2.17. The molecule has 118 valence electrons. The second-order valence-electron chi connectivity index (χ2n) is 5.76. The van der Waals surface area contributed by atoms with E-state index in [1.807, 2.05) is 66.7 Å². The number of methoxy groups -OCH3 is 1. The smallest absolute Gasteiger partial charge is 0.414 e. The molecule has 1 aliphatic heterocycles. The molecule has 24 heavy (non-hydrogen) atoms. The standard InChI is InChI=1S/C21H17NO2/c1-24-21(23)22-19-14-8-7-12-17(19)16-11-5-6-13-18(16)20(22)15-9-3-2-4-10-15/h2-14,20H,1H3. The van der Waals surface area contributed by atoms with Gasteiger partial charge in [0.25, 0.3) is 0 Å². The minimum absolute atomic E-state index is 0.204. The molecule has 0 N–H and O–H groups in total. The molecule has 1 heterocycles. The van der Waals surface area contributed by atoms with Crippen molar-refractivity contribution in [2.75, 3.05) is 12.0 Å². The van der Waals surface area contributed by atoms with Gasteiger partial charge in [-0.15, -0.1) is 0 Å². The number of para-hydroxylation sites is 1. The first-order valence-corrected chi connectivity index (χ1v) is 7.91. The van der Waals surface area contributed by atoms with Crippen molar-refractivity contribution >= 4 is 11.8 Å². The van der Waals surface area contributed by atoms with Crippen molar-refractivity contribution in [3.63, 3.8) is 0 Å². The molecule has 0 saturated heterocycles. The van der Waals surface area contributed by atoms with Crippen LogP contribution in [0.2, 0.25) is 0 Å². The van der Waals surface area contributed by atoms with Gasteiger partial charge in [0.1, 0.15) is 0 Å². The Morgan fingerprint density at radius 2 is 1.46 bits per heavy atom. The van der Waals surface area contributed by atoms with Gasteiger partial charge >= 0.3 is 6.09 Å². The summed E-state index contributed by atoms with van der Waals surface area (Å²) >= 11 is 0. The summed E-state index contributed by atoms with van der Waals surface area (Å²) in [5.74, 6) is 0. The molecule has 0 aliphatic carbocycles. The fraction of sp³-hybridized carbons (Fsp3) is 0.0952. The second kappa shape index (κ2) is 5.85. The van der Waals surface area contributed by atoms with Crippen molar-refractivity contribution < 1.29 is 9.53 Å². The normalized spacial score (nSPS) is 15.4. The lowest BCUT2D eigenvalue weighted by molar-refractivity contribution is 0.177. The fourth-order valence-electron chi connectivity index (χ4n) is 3.44. The number of anilines is 1. The molecule has 0 fully saturated rings. The zero-order valence-corrected chi connectivity index (χ0v) is 13.3. The molecule has 3 aromatic rings. The van der Waals surface area contributed by atoms with Gasteiger partial charge in [-0.1, -0.05) is 72.8 Å². The lowest BCUT2D eigenvalue weighted by Crippen LogP contribution is -2.38. The highest BCUT2D eigenvalue weighted by atomic mass is 16.5. The molecule has 0 radical (unpaired) electrons. The monoisotopic (exact) mass is 315 g/mol. The van der Waals surface area contributed by atoms with Crippen LogP contribution in [0.25, 0.3) is 11.1 Å². The Morgan fingerprint density at radius 3 is 2.21 bits per heavy atom. The van der Waals surface area contributed by atoms with Crippen LogP contribution in [-0.2, 0) is 4.74 Å². The number of amides is 1. The van der Waals surface area contributed by atoms with Crippen molar-refractivity contribution in [3.05, 3.63) is 90.0 Å². The lowest BCUT2D eigenvalue weighted by atomic mass is 9.85. The summed E-state index contributed by atoms with van der Waals surface area (Å²) in [5.41, 5.74) is 5.24. The van der Waals surface area contributed by atoms with Gasteiger partial charge in [-0.05, 0) is 22.8 Å². The van der Waals surface area contributed by atoms with Crippen molar-refractivity contribution in [1.82, 2.24) is 0 Å². The summed E-state index contributed by atoms with van der Waals surface area (Å²) in [4.78, 5) is 14.4. The molecule has 0 aromatic heterocycles. The maximum atomic E-state index is 12.6. The number of ether oxygens (including phenoxy) is 1. The number of benzene rings is 3. The fourth-order valence-corrected chi connectivity index (χ4v) is 3.44. The summed E-state index contributed by atoms with van der Waals surface area (Å²) in [6.07, 6.45) is -0.356. The summed E-state index contributed by atoms with van der Waals surface area (Å²) in [5, 5.41) is 0. The molecular weight excluding hydrogens is 298 g/mol. The number of rotatable bonds is 1. The summed E-state index contributed by atoms with van der Waals surface area (Å²) < 4.78 is 5.10. The Balaban J connectivity index is 2.02. The zero-order valence-electron chi connectivity index (χ0n) is 13.3. The third-order valence-corrected chi connectivity index (χ3v) is 4.45. The summed E-state index contributed by atoms with van der Waals surface area (Å²) in [7, 11) is 1.42. The lowest BCUT2D eigenvalue weighted by Gasteiger charge is -2.38. The Labute approximate surface area is 141 Å². The van der Waals surface area contributed by atoms with Crippen molar-refractivity contribution in [2.45, 2.75) is 6.04 Å². The van der Waals surface area contributed by atoms with Crippen LogP contribution in [0.3, 0.4) is 0 Å². The van der Waals surface area contributed by atoms with E-state index in [0.717, 1.165) is 27.9 Å². The molecule has 4 rings (SSSR count). The van der Waals surface area contributed by atoms with Crippen LogP contribution in [0.5, 0.6) is 0 Å². The summed E-state index contributed by atoms with van der Waals surface area (Å²) in [6.45, 7) is 0. The van der Waals surface area contributed by atoms with Crippen molar-refractivity contribution in [2.24, 2.45) is 0 Å². The first-order chi connectivity index (χ1) is 11.8. The van der Waals surface area contributed by atoms with Gasteiger partial charge in [0, 0.05) is 5.56 Å².